The van der Waals surface area contributed by atoms with Gasteiger partial charge in [0.25, 0.3) is 0 Å². The molecule has 0 saturated heterocycles. The number of halogens is 4. The van der Waals surface area contributed by atoms with E-state index < -0.39 is 29.0 Å². The number of hydrogen-bond acceptors (Lipinski definition) is 5. The number of aliphatic hydroxyl groups excluding tert-OH is 1. The van der Waals surface area contributed by atoms with Gasteiger partial charge in [-0.15, -0.1) is 0 Å². The summed E-state index contributed by atoms with van der Waals surface area (Å²) in [6, 6.07) is 9.20. The van der Waals surface area contributed by atoms with Crippen LogP contribution >= 0.6 is 11.6 Å². The second-order valence-corrected chi connectivity index (χ2v) is 12.0. The van der Waals surface area contributed by atoms with E-state index in [1.165, 1.54) is 31.2 Å². The predicted octanol–water partition coefficient (Wildman–Crippen LogP) is 6.36. The third-order valence-corrected chi connectivity index (χ3v) is 9.36. The first kappa shape index (κ1) is 31.0. The van der Waals surface area contributed by atoms with Crippen molar-refractivity contribution in [3.05, 3.63) is 63.7 Å². The van der Waals surface area contributed by atoms with Crippen LogP contribution in [0.4, 0.5) is 18.9 Å². The van der Waals surface area contributed by atoms with E-state index >= 15 is 0 Å². The van der Waals surface area contributed by atoms with E-state index in [9.17, 15) is 32.7 Å². The highest BCUT2D eigenvalue weighted by molar-refractivity contribution is 6.31. The normalized spacial score (nSPS) is 24.6. The molecule has 2 aromatic carbocycles. The highest BCUT2D eigenvalue weighted by Crippen LogP contribution is 2.58. The van der Waals surface area contributed by atoms with Gasteiger partial charge in [0.15, 0.2) is 5.78 Å². The SMILES string of the molecule is COC(=O)C1(N(C(=O)C(F)(F)F)c2cccc(Cl)c2)CCC2(CC1)c1cc(C(C)=O)cc(C)c1CC2C[C@@H](C)CO. The van der Waals surface area contributed by atoms with Crippen LogP contribution in [0.2, 0.25) is 5.02 Å². The number of alkyl halides is 3. The molecular formula is C31H35ClF3NO5. The van der Waals surface area contributed by atoms with Gasteiger partial charge < -0.3 is 9.84 Å². The predicted molar refractivity (Wildman–Crippen MR) is 149 cm³/mol. The number of fused-ring (bicyclic) bond motifs is 2. The smallest absolute Gasteiger partial charge is 0.467 e. The third-order valence-electron chi connectivity index (χ3n) is 9.12. The van der Waals surface area contributed by atoms with E-state index in [-0.39, 0.29) is 60.6 Å². The maximum Gasteiger partial charge on any atom is 0.471 e. The monoisotopic (exact) mass is 593 g/mol. The molecule has 2 aromatic rings. The fourth-order valence-electron chi connectivity index (χ4n) is 7.06. The lowest BCUT2D eigenvalue weighted by molar-refractivity contribution is -0.174. The molecule has 0 aromatic heterocycles. The molecule has 4 rings (SSSR count). The second kappa shape index (κ2) is 11.4. The lowest BCUT2D eigenvalue weighted by Gasteiger charge is -2.51. The Morgan fingerprint density at radius 3 is 2.34 bits per heavy atom. The fraction of sp³-hybridized carbons (Fsp3) is 0.516. The number of aryl methyl sites for hydroxylation is 1. The summed E-state index contributed by atoms with van der Waals surface area (Å²) < 4.78 is 47.2. The Bertz CT molecular complexity index is 1350. The maximum absolute atomic E-state index is 14.0. The molecule has 41 heavy (non-hydrogen) atoms. The minimum Gasteiger partial charge on any atom is -0.467 e. The topological polar surface area (TPSA) is 83.9 Å². The zero-order valence-corrected chi connectivity index (χ0v) is 24.4. The summed E-state index contributed by atoms with van der Waals surface area (Å²) in [5.74, 6) is -3.21. The van der Waals surface area contributed by atoms with Gasteiger partial charge in [-0.2, -0.15) is 13.2 Å². The number of rotatable bonds is 7. The number of anilines is 1. The van der Waals surface area contributed by atoms with Crippen LogP contribution in [-0.2, 0) is 26.2 Å². The van der Waals surface area contributed by atoms with Gasteiger partial charge >= 0.3 is 18.1 Å². The van der Waals surface area contributed by atoms with Crippen molar-refractivity contribution < 1.29 is 37.4 Å². The van der Waals surface area contributed by atoms with E-state index in [4.69, 9.17) is 16.3 Å². The molecule has 6 nitrogen and oxygen atoms in total. The van der Waals surface area contributed by atoms with Gasteiger partial charge in [-0.25, -0.2) is 4.79 Å². The van der Waals surface area contributed by atoms with Crippen molar-refractivity contribution in [2.24, 2.45) is 11.8 Å². The quantitative estimate of drug-likeness (QED) is 0.298. The fourth-order valence-corrected chi connectivity index (χ4v) is 7.25. The Labute approximate surface area is 242 Å². The summed E-state index contributed by atoms with van der Waals surface area (Å²) >= 11 is 6.11. The van der Waals surface area contributed by atoms with Crippen molar-refractivity contribution in [3.8, 4) is 0 Å². The first-order valence-electron chi connectivity index (χ1n) is 13.7. The molecule has 2 atom stereocenters. The summed E-state index contributed by atoms with van der Waals surface area (Å²) in [7, 11) is 1.10. The summed E-state index contributed by atoms with van der Waals surface area (Å²) in [5.41, 5.74) is 0.932. The minimum absolute atomic E-state index is 0.0185. The molecule has 1 unspecified atom stereocenters. The van der Waals surface area contributed by atoms with Crippen molar-refractivity contribution in [3.63, 3.8) is 0 Å². The average Bonchev–Trinajstić information content (AvgIpc) is 3.21. The molecule has 0 radical (unpaired) electrons. The lowest BCUT2D eigenvalue weighted by Crippen LogP contribution is -2.63. The molecule has 2 aliphatic rings. The zero-order chi connectivity index (χ0) is 30.3. The van der Waals surface area contributed by atoms with E-state index in [2.05, 4.69) is 0 Å². The molecule has 1 amide bonds. The Hall–Kier alpha value is -2.91. The van der Waals surface area contributed by atoms with E-state index in [1.54, 1.807) is 0 Å². The van der Waals surface area contributed by atoms with Crippen molar-refractivity contribution in [1.82, 2.24) is 0 Å². The van der Waals surface area contributed by atoms with E-state index in [0.29, 0.717) is 23.3 Å². The Kier molecular flexibility index (Phi) is 8.63. The van der Waals surface area contributed by atoms with Crippen molar-refractivity contribution in [1.29, 1.82) is 0 Å². The number of ether oxygens (including phenoxy) is 1. The zero-order valence-electron chi connectivity index (χ0n) is 23.6. The molecule has 0 bridgehead atoms. The first-order valence-corrected chi connectivity index (χ1v) is 14.1. The van der Waals surface area contributed by atoms with Crippen LogP contribution in [0.1, 0.15) is 73.0 Å². The molecule has 1 saturated carbocycles. The van der Waals surface area contributed by atoms with Gasteiger partial charge in [0.2, 0.25) is 0 Å². The van der Waals surface area contributed by atoms with Crippen molar-refractivity contribution >= 4 is 34.9 Å². The van der Waals surface area contributed by atoms with Crippen molar-refractivity contribution in [2.75, 3.05) is 18.6 Å². The third kappa shape index (κ3) is 5.50. The number of carbonyl (C=O) groups excluding carboxylic acids is 3. The van der Waals surface area contributed by atoms with Crippen LogP contribution in [-0.4, -0.2) is 48.2 Å². The molecule has 1 spiro atoms. The van der Waals surface area contributed by atoms with Gasteiger partial charge in [-0.3, -0.25) is 14.5 Å². The molecule has 0 aliphatic heterocycles. The van der Waals surface area contributed by atoms with Gasteiger partial charge in [0, 0.05) is 22.9 Å². The number of carbonyl (C=O) groups is 3. The Morgan fingerprint density at radius 2 is 1.80 bits per heavy atom. The second-order valence-electron chi connectivity index (χ2n) is 11.6. The number of nitrogens with zero attached hydrogens (tertiary/aromatic N) is 1. The molecule has 10 heteroatoms. The standard InChI is InChI=1S/C31H35ClF3NO5/c1-18(17-37)12-22-15-25-19(2)13-21(20(3)38)14-26(25)29(22)8-10-30(11-9-29,28(40)41-4)36(27(39)31(33,34)35)24-7-5-6-23(32)16-24/h5-7,13-14,16,18,22,37H,8-12,15,17H2,1-4H3/t18-,22?,29?,30?/m1/s1. The van der Waals surface area contributed by atoms with Crippen LogP contribution in [0.5, 0.6) is 0 Å². The number of methoxy groups -OCH3 is 1. The first-order chi connectivity index (χ1) is 19.2. The molecule has 2 aliphatic carbocycles. The van der Waals surface area contributed by atoms with Gasteiger partial charge in [-0.05, 0) is 117 Å². The van der Waals surface area contributed by atoms with E-state index in [0.717, 1.165) is 23.8 Å². The largest absolute Gasteiger partial charge is 0.471 e. The summed E-state index contributed by atoms with van der Waals surface area (Å²) in [4.78, 5) is 39.4. The number of Topliss-reactive ketones (excluding diaryl/α,β-unsaturated/α-hetero) is 1. The maximum atomic E-state index is 14.0. The lowest BCUT2D eigenvalue weighted by atomic mass is 9.59. The van der Waals surface area contributed by atoms with Gasteiger partial charge in [-0.1, -0.05) is 24.6 Å². The number of hydrogen-bond donors (Lipinski definition) is 1. The van der Waals surface area contributed by atoms with Crippen LogP contribution in [0.15, 0.2) is 36.4 Å². The minimum atomic E-state index is -5.26. The van der Waals surface area contributed by atoms with Crippen LogP contribution < -0.4 is 4.90 Å². The van der Waals surface area contributed by atoms with Gasteiger partial charge in [0.1, 0.15) is 5.54 Å². The molecule has 222 valence electrons. The number of benzene rings is 2. The number of amides is 1. The van der Waals surface area contributed by atoms with Gasteiger partial charge in [0.05, 0.1) is 7.11 Å². The van der Waals surface area contributed by atoms with Crippen LogP contribution in [0.3, 0.4) is 0 Å². The summed E-state index contributed by atoms with van der Waals surface area (Å²) in [6.45, 7) is 5.36. The molecule has 0 heterocycles. The number of aliphatic hydroxyl groups is 1. The van der Waals surface area contributed by atoms with E-state index in [1.807, 2.05) is 26.0 Å². The average molecular weight is 594 g/mol. The highest BCUT2D eigenvalue weighted by atomic mass is 35.5. The summed E-state index contributed by atoms with van der Waals surface area (Å²) in [5, 5.41) is 9.96. The van der Waals surface area contributed by atoms with Crippen molar-refractivity contribution in [2.45, 2.75) is 76.4 Å². The molecular weight excluding hydrogens is 559 g/mol. The Morgan fingerprint density at radius 1 is 1.15 bits per heavy atom. The highest BCUT2D eigenvalue weighted by Gasteiger charge is 2.60. The van der Waals surface area contributed by atoms with Crippen LogP contribution in [0, 0.1) is 18.8 Å². The molecule has 1 N–H and O–H groups in total. The molecule has 1 fully saturated rings. The summed E-state index contributed by atoms with van der Waals surface area (Å²) in [6.07, 6.45) is -3.55. The number of esters is 1. The number of ketones is 1. The Balaban J connectivity index is 1.87. The van der Waals surface area contributed by atoms with Crippen LogP contribution in [0.25, 0.3) is 0 Å².